The SMILES string of the molecule is CNC(CC1CCCCC1)C(=O)C(C)O. The maximum Gasteiger partial charge on any atom is 0.177 e. The highest BCUT2D eigenvalue weighted by molar-refractivity contribution is 5.87. The molecule has 15 heavy (non-hydrogen) atoms. The van der Waals surface area contributed by atoms with Crippen molar-refractivity contribution in [1.82, 2.24) is 5.32 Å². The summed E-state index contributed by atoms with van der Waals surface area (Å²) in [7, 11) is 1.80. The van der Waals surface area contributed by atoms with Crippen molar-refractivity contribution in [3.63, 3.8) is 0 Å². The molecule has 0 saturated heterocycles. The Bertz CT molecular complexity index is 198. The fourth-order valence-corrected chi connectivity index (χ4v) is 2.42. The summed E-state index contributed by atoms with van der Waals surface area (Å²) >= 11 is 0. The van der Waals surface area contributed by atoms with Gasteiger partial charge in [0.25, 0.3) is 0 Å². The Morgan fingerprint density at radius 2 is 2.00 bits per heavy atom. The summed E-state index contributed by atoms with van der Waals surface area (Å²) in [6.45, 7) is 1.55. The molecule has 2 N–H and O–H groups in total. The summed E-state index contributed by atoms with van der Waals surface area (Å²) < 4.78 is 0. The van der Waals surface area contributed by atoms with E-state index in [2.05, 4.69) is 5.32 Å². The summed E-state index contributed by atoms with van der Waals surface area (Å²) in [6, 6.07) is -0.159. The molecule has 88 valence electrons. The third-order valence-corrected chi connectivity index (χ3v) is 3.40. The average Bonchev–Trinajstić information content (AvgIpc) is 2.26. The van der Waals surface area contributed by atoms with E-state index >= 15 is 0 Å². The number of ketones is 1. The molecule has 2 atom stereocenters. The number of hydrogen-bond acceptors (Lipinski definition) is 3. The van der Waals surface area contributed by atoms with Crippen LogP contribution >= 0.6 is 0 Å². The molecule has 3 nitrogen and oxygen atoms in total. The second-order valence-electron chi connectivity index (χ2n) is 4.66. The highest BCUT2D eigenvalue weighted by Gasteiger charge is 2.25. The molecule has 1 aliphatic carbocycles. The second-order valence-corrected chi connectivity index (χ2v) is 4.66. The van der Waals surface area contributed by atoms with Crippen LogP contribution in [0.5, 0.6) is 0 Å². The Balaban J connectivity index is 2.41. The number of nitrogens with one attached hydrogen (secondary N) is 1. The monoisotopic (exact) mass is 213 g/mol. The van der Waals surface area contributed by atoms with E-state index in [0.29, 0.717) is 5.92 Å². The van der Waals surface area contributed by atoms with E-state index in [9.17, 15) is 9.90 Å². The van der Waals surface area contributed by atoms with Gasteiger partial charge in [-0.2, -0.15) is 0 Å². The number of hydrogen-bond donors (Lipinski definition) is 2. The first-order chi connectivity index (χ1) is 7.15. The summed E-state index contributed by atoms with van der Waals surface area (Å²) in [5, 5.41) is 12.3. The number of carbonyl (C=O) groups excluding carboxylic acids is 1. The van der Waals surface area contributed by atoms with Crippen molar-refractivity contribution in [1.29, 1.82) is 0 Å². The smallest absolute Gasteiger partial charge is 0.177 e. The number of rotatable bonds is 5. The first-order valence-electron chi connectivity index (χ1n) is 6.04. The lowest BCUT2D eigenvalue weighted by atomic mass is 9.83. The Labute approximate surface area is 92.3 Å². The van der Waals surface area contributed by atoms with E-state index in [1.54, 1.807) is 14.0 Å². The summed E-state index contributed by atoms with van der Waals surface area (Å²) in [6.07, 6.45) is 6.46. The van der Waals surface area contributed by atoms with Crippen LogP contribution < -0.4 is 5.32 Å². The molecular formula is C12H23NO2. The van der Waals surface area contributed by atoms with E-state index in [1.807, 2.05) is 0 Å². The van der Waals surface area contributed by atoms with Crippen molar-refractivity contribution < 1.29 is 9.90 Å². The molecule has 0 aromatic rings. The van der Waals surface area contributed by atoms with Gasteiger partial charge in [0.15, 0.2) is 5.78 Å². The standard InChI is InChI=1S/C12H23NO2/c1-9(14)12(15)11(13-2)8-10-6-4-3-5-7-10/h9-11,13-14H,3-8H2,1-2H3. The van der Waals surface area contributed by atoms with E-state index in [4.69, 9.17) is 0 Å². The summed E-state index contributed by atoms with van der Waals surface area (Å²) in [5.74, 6) is 0.599. The molecule has 0 heterocycles. The second kappa shape index (κ2) is 6.23. The maximum absolute atomic E-state index is 11.6. The number of likely N-dealkylation sites (N-methyl/N-ethyl adjacent to an activating group) is 1. The zero-order valence-corrected chi connectivity index (χ0v) is 9.83. The first-order valence-corrected chi connectivity index (χ1v) is 6.04. The quantitative estimate of drug-likeness (QED) is 0.727. The highest BCUT2D eigenvalue weighted by Crippen LogP contribution is 2.27. The van der Waals surface area contributed by atoms with Crippen LogP contribution in [0.1, 0.15) is 45.4 Å². The van der Waals surface area contributed by atoms with Crippen LogP contribution in [0.25, 0.3) is 0 Å². The van der Waals surface area contributed by atoms with Crippen LogP contribution in [0.2, 0.25) is 0 Å². The van der Waals surface area contributed by atoms with E-state index in [0.717, 1.165) is 6.42 Å². The predicted molar refractivity (Wildman–Crippen MR) is 60.7 cm³/mol. The van der Waals surface area contributed by atoms with E-state index in [-0.39, 0.29) is 11.8 Å². The number of carbonyl (C=O) groups is 1. The zero-order chi connectivity index (χ0) is 11.3. The van der Waals surface area contributed by atoms with Gasteiger partial charge < -0.3 is 10.4 Å². The molecular weight excluding hydrogens is 190 g/mol. The Hall–Kier alpha value is -0.410. The van der Waals surface area contributed by atoms with Gasteiger partial charge in [-0.1, -0.05) is 32.1 Å². The average molecular weight is 213 g/mol. The predicted octanol–water partition coefficient (Wildman–Crippen LogP) is 1.49. The summed E-state index contributed by atoms with van der Waals surface area (Å²) in [5.41, 5.74) is 0. The highest BCUT2D eigenvalue weighted by atomic mass is 16.3. The first kappa shape index (κ1) is 12.7. The fourth-order valence-electron chi connectivity index (χ4n) is 2.42. The van der Waals surface area contributed by atoms with Gasteiger partial charge >= 0.3 is 0 Å². The van der Waals surface area contributed by atoms with Gasteiger partial charge in [-0.05, 0) is 26.3 Å². The number of aliphatic hydroxyl groups is 1. The molecule has 1 saturated carbocycles. The lowest BCUT2D eigenvalue weighted by Gasteiger charge is -2.26. The Morgan fingerprint density at radius 1 is 1.40 bits per heavy atom. The van der Waals surface area contributed by atoms with E-state index in [1.165, 1.54) is 32.1 Å². The third-order valence-electron chi connectivity index (χ3n) is 3.40. The zero-order valence-electron chi connectivity index (χ0n) is 9.83. The normalized spacial score (nSPS) is 22.3. The lowest BCUT2D eigenvalue weighted by Crippen LogP contribution is -2.41. The van der Waals surface area contributed by atoms with Crippen LogP contribution in [0.15, 0.2) is 0 Å². The van der Waals surface area contributed by atoms with E-state index < -0.39 is 6.10 Å². The van der Waals surface area contributed by atoms with Crippen LogP contribution in [-0.4, -0.2) is 30.1 Å². The van der Waals surface area contributed by atoms with Crippen molar-refractivity contribution in [3.05, 3.63) is 0 Å². The van der Waals surface area contributed by atoms with Crippen LogP contribution in [0, 0.1) is 5.92 Å². The molecule has 1 fully saturated rings. The molecule has 2 unspecified atom stereocenters. The molecule has 0 spiro atoms. The van der Waals surface area contributed by atoms with Gasteiger partial charge in [-0.15, -0.1) is 0 Å². The Morgan fingerprint density at radius 3 is 2.47 bits per heavy atom. The topological polar surface area (TPSA) is 49.3 Å². The molecule has 1 aliphatic rings. The maximum atomic E-state index is 11.6. The van der Waals surface area contributed by atoms with Gasteiger partial charge in [0, 0.05) is 0 Å². The number of aliphatic hydroxyl groups excluding tert-OH is 1. The molecule has 0 aliphatic heterocycles. The fraction of sp³-hybridized carbons (Fsp3) is 0.917. The summed E-state index contributed by atoms with van der Waals surface area (Å²) in [4.78, 5) is 11.6. The number of Topliss-reactive ketones (excluding diaryl/α,β-unsaturated/α-hetero) is 1. The molecule has 0 radical (unpaired) electrons. The lowest BCUT2D eigenvalue weighted by molar-refractivity contribution is -0.128. The van der Waals surface area contributed by atoms with Crippen molar-refractivity contribution in [2.75, 3.05) is 7.05 Å². The van der Waals surface area contributed by atoms with Crippen molar-refractivity contribution in [2.24, 2.45) is 5.92 Å². The largest absolute Gasteiger partial charge is 0.386 e. The van der Waals surface area contributed by atoms with Crippen molar-refractivity contribution in [2.45, 2.75) is 57.6 Å². The van der Waals surface area contributed by atoms with Crippen LogP contribution in [-0.2, 0) is 4.79 Å². The van der Waals surface area contributed by atoms with Gasteiger partial charge in [-0.25, -0.2) is 0 Å². The molecule has 3 heteroatoms. The minimum absolute atomic E-state index is 0.0666. The molecule has 0 amide bonds. The molecule has 0 aromatic heterocycles. The van der Waals surface area contributed by atoms with Gasteiger partial charge in [0.05, 0.1) is 6.04 Å². The van der Waals surface area contributed by atoms with Crippen LogP contribution in [0.4, 0.5) is 0 Å². The van der Waals surface area contributed by atoms with Gasteiger partial charge in [-0.3, -0.25) is 4.79 Å². The molecule has 1 rings (SSSR count). The minimum atomic E-state index is -0.842. The molecule has 0 aromatic carbocycles. The third kappa shape index (κ3) is 3.92. The minimum Gasteiger partial charge on any atom is -0.386 e. The van der Waals surface area contributed by atoms with Crippen molar-refractivity contribution in [3.8, 4) is 0 Å². The van der Waals surface area contributed by atoms with Gasteiger partial charge in [0.2, 0.25) is 0 Å². The Kier molecular flexibility index (Phi) is 5.26. The van der Waals surface area contributed by atoms with Gasteiger partial charge in [0.1, 0.15) is 6.10 Å². The van der Waals surface area contributed by atoms with Crippen LogP contribution in [0.3, 0.4) is 0 Å². The van der Waals surface area contributed by atoms with Crippen molar-refractivity contribution >= 4 is 5.78 Å². The molecule has 0 bridgehead atoms.